The fourth-order valence-corrected chi connectivity index (χ4v) is 4.50. The van der Waals surface area contributed by atoms with E-state index >= 15 is 0 Å². The number of amides is 1. The minimum absolute atomic E-state index is 0.147. The van der Waals surface area contributed by atoms with Crippen molar-refractivity contribution in [1.82, 2.24) is 14.8 Å². The van der Waals surface area contributed by atoms with Crippen molar-refractivity contribution in [1.29, 1.82) is 0 Å². The summed E-state index contributed by atoms with van der Waals surface area (Å²) in [5.74, 6) is 3.20. The molecule has 2 aliphatic rings. The lowest BCUT2D eigenvalue weighted by atomic mass is 9.91. The number of aromatic nitrogens is 1. The highest BCUT2D eigenvalue weighted by atomic mass is 16.2. The number of terminal acetylenes is 1. The van der Waals surface area contributed by atoms with Crippen LogP contribution in [0.5, 0.6) is 0 Å². The average Bonchev–Trinajstić information content (AvgIpc) is 3.12. The van der Waals surface area contributed by atoms with Gasteiger partial charge < -0.3 is 9.88 Å². The fraction of sp³-hybridized carbons (Fsp3) is 0.500. The summed E-state index contributed by atoms with van der Waals surface area (Å²) >= 11 is 0. The first kappa shape index (κ1) is 17.2. The molecule has 0 saturated carbocycles. The standard InChI is InChI=1S/C22H27N3O/c1-2-12-24-14-10-17(11-15-24)22(26)25-13-6-5-9-21(25)20-16-18-7-3-4-8-19(18)23-20/h1,3-4,7-8,16-17,21,23H,5-6,9-15H2/t21-/m1/s1. The number of hydrogen-bond donors (Lipinski definition) is 1. The van der Waals surface area contributed by atoms with Gasteiger partial charge >= 0.3 is 0 Å². The molecule has 1 N–H and O–H groups in total. The molecule has 4 nitrogen and oxygen atoms in total. The molecule has 2 aromatic rings. The van der Waals surface area contributed by atoms with Crippen molar-refractivity contribution in [2.45, 2.75) is 38.1 Å². The van der Waals surface area contributed by atoms with E-state index in [9.17, 15) is 4.79 Å². The smallest absolute Gasteiger partial charge is 0.226 e. The van der Waals surface area contributed by atoms with E-state index in [0.717, 1.165) is 50.8 Å². The summed E-state index contributed by atoms with van der Waals surface area (Å²) in [7, 11) is 0. The van der Waals surface area contributed by atoms with Gasteiger partial charge in [-0.15, -0.1) is 6.42 Å². The first-order valence-corrected chi connectivity index (χ1v) is 9.80. The molecule has 0 spiro atoms. The quantitative estimate of drug-likeness (QED) is 0.861. The molecular weight excluding hydrogens is 322 g/mol. The lowest BCUT2D eigenvalue weighted by Gasteiger charge is -2.39. The maximum absolute atomic E-state index is 13.3. The Kier molecular flexibility index (Phi) is 4.99. The molecule has 1 atom stereocenters. The lowest BCUT2D eigenvalue weighted by molar-refractivity contribution is -0.141. The van der Waals surface area contributed by atoms with Gasteiger partial charge in [-0.2, -0.15) is 0 Å². The van der Waals surface area contributed by atoms with Gasteiger partial charge in [0.2, 0.25) is 5.91 Å². The number of carbonyl (C=O) groups excluding carboxylic acids is 1. The van der Waals surface area contributed by atoms with Gasteiger partial charge in [0, 0.05) is 23.7 Å². The Labute approximate surface area is 155 Å². The van der Waals surface area contributed by atoms with Gasteiger partial charge in [0.15, 0.2) is 0 Å². The normalized spacial score (nSPS) is 22.4. The number of nitrogens with zero attached hydrogens (tertiary/aromatic N) is 2. The van der Waals surface area contributed by atoms with E-state index < -0.39 is 0 Å². The molecule has 0 radical (unpaired) electrons. The van der Waals surface area contributed by atoms with Crippen molar-refractivity contribution < 1.29 is 4.79 Å². The molecule has 0 aliphatic carbocycles. The van der Waals surface area contributed by atoms with Crippen LogP contribution in [-0.2, 0) is 4.79 Å². The number of benzene rings is 1. The first-order chi connectivity index (χ1) is 12.8. The number of fused-ring (bicyclic) bond motifs is 1. The van der Waals surface area contributed by atoms with E-state index in [1.165, 1.54) is 17.5 Å². The van der Waals surface area contributed by atoms with Crippen LogP contribution in [0.25, 0.3) is 10.9 Å². The van der Waals surface area contributed by atoms with Crippen LogP contribution in [0, 0.1) is 18.3 Å². The maximum Gasteiger partial charge on any atom is 0.226 e. The number of likely N-dealkylation sites (tertiary alicyclic amines) is 2. The molecule has 26 heavy (non-hydrogen) atoms. The largest absolute Gasteiger partial charge is 0.357 e. The summed E-state index contributed by atoms with van der Waals surface area (Å²) in [4.78, 5) is 21.2. The number of carbonyl (C=O) groups is 1. The highest BCUT2D eigenvalue weighted by Gasteiger charge is 2.34. The number of aromatic amines is 1. The van der Waals surface area contributed by atoms with E-state index in [4.69, 9.17) is 6.42 Å². The summed E-state index contributed by atoms with van der Waals surface area (Å²) in [5, 5.41) is 1.23. The molecule has 2 aliphatic heterocycles. The monoisotopic (exact) mass is 349 g/mol. The van der Waals surface area contributed by atoms with E-state index in [2.05, 4.69) is 51.0 Å². The summed E-state index contributed by atoms with van der Waals surface area (Å²) in [6.07, 6.45) is 10.6. The molecule has 3 heterocycles. The average molecular weight is 349 g/mol. The SMILES string of the molecule is C#CCN1CCC(C(=O)N2CCCC[C@@H]2c2cc3ccccc3[nH]2)CC1. The van der Waals surface area contributed by atoms with Crippen LogP contribution in [0.1, 0.15) is 43.8 Å². The minimum Gasteiger partial charge on any atom is -0.357 e. The van der Waals surface area contributed by atoms with Gasteiger partial charge in [-0.25, -0.2) is 0 Å². The zero-order valence-electron chi connectivity index (χ0n) is 15.3. The number of H-pyrrole nitrogens is 1. The van der Waals surface area contributed by atoms with Gasteiger partial charge in [-0.1, -0.05) is 24.1 Å². The third kappa shape index (κ3) is 3.37. The molecule has 0 bridgehead atoms. The van der Waals surface area contributed by atoms with Crippen LogP contribution in [0.2, 0.25) is 0 Å². The first-order valence-electron chi connectivity index (χ1n) is 9.80. The van der Waals surface area contributed by atoms with Gasteiger partial charge in [-0.3, -0.25) is 9.69 Å². The maximum atomic E-state index is 13.3. The predicted molar refractivity (Wildman–Crippen MR) is 105 cm³/mol. The highest BCUT2D eigenvalue weighted by Crippen LogP contribution is 2.34. The predicted octanol–water partition coefficient (Wildman–Crippen LogP) is 3.57. The Morgan fingerprint density at radius 1 is 1.15 bits per heavy atom. The number of rotatable bonds is 3. The van der Waals surface area contributed by atoms with Crippen molar-refractivity contribution in [3.05, 3.63) is 36.0 Å². The number of nitrogens with one attached hydrogen (secondary N) is 1. The molecule has 4 rings (SSSR count). The van der Waals surface area contributed by atoms with E-state index in [1.54, 1.807) is 0 Å². The van der Waals surface area contributed by atoms with E-state index in [1.807, 2.05) is 0 Å². The molecule has 2 fully saturated rings. The Morgan fingerprint density at radius 2 is 1.96 bits per heavy atom. The zero-order chi connectivity index (χ0) is 17.9. The topological polar surface area (TPSA) is 39.3 Å². The number of para-hydroxylation sites is 1. The Balaban J connectivity index is 1.50. The molecule has 1 amide bonds. The van der Waals surface area contributed by atoms with Crippen LogP contribution < -0.4 is 0 Å². The number of piperidine rings is 2. The lowest BCUT2D eigenvalue weighted by Crippen LogP contribution is -2.45. The van der Waals surface area contributed by atoms with Gasteiger partial charge in [0.1, 0.15) is 0 Å². The van der Waals surface area contributed by atoms with Crippen LogP contribution in [0.3, 0.4) is 0 Å². The molecule has 2 saturated heterocycles. The molecule has 0 unspecified atom stereocenters. The Hall–Kier alpha value is -2.25. The van der Waals surface area contributed by atoms with Crippen LogP contribution in [0.15, 0.2) is 30.3 Å². The van der Waals surface area contributed by atoms with Crippen molar-refractivity contribution in [3.63, 3.8) is 0 Å². The second-order valence-electron chi connectivity index (χ2n) is 7.61. The van der Waals surface area contributed by atoms with Crippen LogP contribution in [-0.4, -0.2) is 46.9 Å². The Morgan fingerprint density at radius 3 is 2.73 bits per heavy atom. The molecule has 1 aromatic carbocycles. The van der Waals surface area contributed by atoms with Crippen molar-refractivity contribution in [2.75, 3.05) is 26.2 Å². The Bertz CT molecular complexity index is 777. The number of hydrogen-bond acceptors (Lipinski definition) is 2. The van der Waals surface area contributed by atoms with Crippen LogP contribution >= 0.6 is 0 Å². The highest BCUT2D eigenvalue weighted by molar-refractivity contribution is 5.82. The molecule has 4 heteroatoms. The summed E-state index contributed by atoms with van der Waals surface area (Å²) in [6.45, 7) is 3.45. The van der Waals surface area contributed by atoms with Gasteiger partial charge in [0.05, 0.1) is 12.6 Å². The third-order valence-electron chi connectivity index (χ3n) is 5.95. The van der Waals surface area contributed by atoms with Gasteiger partial charge in [-0.05, 0) is 62.7 Å². The fourth-order valence-electron chi connectivity index (χ4n) is 4.50. The van der Waals surface area contributed by atoms with Crippen LogP contribution in [0.4, 0.5) is 0 Å². The molecule has 136 valence electrons. The summed E-state index contributed by atoms with van der Waals surface area (Å²) < 4.78 is 0. The second kappa shape index (κ2) is 7.55. The zero-order valence-corrected chi connectivity index (χ0v) is 15.3. The second-order valence-corrected chi connectivity index (χ2v) is 7.61. The van der Waals surface area contributed by atoms with Crippen molar-refractivity contribution in [2.24, 2.45) is 5.92 Å². The van der Waals surface area contributed by atoms with Crippen molar-refractivity contribution in [3.8, 4) is 12.3 Å². The summed E-state index contributed by atoms with van der Waals surface area (Å²) in [6, 6.07) is 10.8. The molecular formula is C22H27N3O. The third-order valence-corrected chi connectivity index (χ3v) is 5.95. The van der Waals surface area contributed by atoms with Crippen molar-refractivity contribution >= 4 is 16.8 Å². The summed E-state index contributed by atoms with van der Waals surface area (Å²) in [5.41, 5.74) is 2.34. The van der Waals surface area contributed by atoms with Gasteiger partial charge in [0.25, 0.3) is 0 Å². The molecule has 1 aromatic heterocycles. The van der Waals surface area contributed by atoms with E-state index in [0.29, 0.717) is 12.5 Å². The van der Waals surface area contributed by atoms with E-state index in [-0.39, 0.29) is 12.0 Å². The minimum atomic E-state index is 0.147.